The molecule has 2 N–H and O–H groups in total. The van der Waals surface area contributed by atoms with Crippen LogP contribution in [0.25, 0.3) is 0 Å². The first-order valence-corrected chi connectivity index (χ1v) is 10.4. The summed E-state index contributed by atoms with van der Waals surface area (Å²) in [4.78, 5) is 16.5. The second kappa shape index (κ2) is 9.31. The topological polar surface area (TPSA) is 46.1 Å². The molecule has 140 valence electrons. The molecule has 0 saturated carbocycles. The molecule has 1 atom stereocenters. The summed E-state index contributed by atoms with van der Waals surface area (Å²) in [5, 5.41) is 4.27. The minimum Gasteiger partial charge on any atom is -0.382 e. The van der Waals surface area contributed by atoms with Crippen LogP contribution < -0.4 is 5.32 Å². The van der Waals surface area contributed by atoms with E-state index >= 15 is 0 Å². The zero-order valence-corrected chi connectivity index (χ0v) is 16.6. The van der Waals surface area contributed by atoms with Gasteiger partial charge in [0.25, 0.3) is 5.91 Å². The minimum absolute atomic E-state index is 0.0514. The van der Waals surface area contributed by atoms with E-state index in [-0.39, 0.29) is 11.9 Å². The monoisotopic (exact) mass is 373 g/mol. The number of carbonyl (C=O) groups excluding carboxylic acids is 1. The number of thiophene rings is 1. The lowest BCUT2D eigenvalue weighted by Gasteiger charge is -2.36. The first kappa shape index (κ1) is 19.1. The van der Waals surface area contributed by atoms with Crippen molar-refractivity contribution in [2.45, 2.75) is 32.7 Å². The number of hydrogen-bond acceptors (Lipinski definition) is 3. The standard InChI is InChI=1S/C21H28N2O2S/c1-3-25-13-6-11-22-15-20(24)23-12-9-19-18(10-14-26-19)21(23)17-8-5-4-7-16(17)2/h4-5,7-8,10,14,21-22H,3,6,9,11-13,15H2,1-2H3/p+1/t21-/m0/s1. The van der Waals surface area contributed by atoms with Crippen LogP contribution in [0.15, 0.2) is 35.7 Å². The summed E-state index contributed by atoms with van der Waals surface area (Å²) in [6.07, 6.45) is 1.95. The average molecular weight is 374 g/mol. The lowest BCUT2D eigenvalue weighted by atomic mass is 9.90. The molecule has 0 saturated heterocycles. The van der Waals surface area contributed by atoms with Crippen molar-refractivity contribution in [3.05, 3.63) is 57.3 Å². The Hall–Kier alpha value is -1.69. The van der Waals surface area contributed by atoms with Crippen molar-refractivity contribution in [3.8, 4) is 0 Å². The highest BCUT2D eigenvalue weighted by molar-refractivity contribution is 7.10. The largest absolute Gasteiger partial charge is 0.382 e. The van der Waals surface area contributed by atoms with Gasteiger partial charge in [0, 0.05) is 24.4 Å². The molecule has 3 rings (SSSR count). The highest BCUT2D eigenvalue weighted by Gasteiger charge is 2.33. The first-order chi connectivity index (χ1) is 12.7. The molecule has 2 heterocycles. The normalized spacial score (nSPS) is 16.5. The van der Waals surface area contributed by atoms with Crippen molar-refractivity contribution in [1.82, 2.24) is 4.90 Å². The second-order valence-electron chi connectivity index (χ2n) is 6.73. The van der Waals surface area contributed by atoms with Gasteiger partial charge in [0.1, 0.15) is 0 Å². The fourth-order valence-corrected chi connectivity index (χ4v) is 4.53. The van der Waals surface area contributed by atoms with Gasteiger partial charge in [-0.1, -0.05) is 24.3 Å². The van der Waals surface area contributed by atoms with Crippen molar-refractivity contribution in [3.63, 3.8) is 0 Å². The van der Waals surface area contributed by atoms with Crippen molar-refractivity contribution in [2.24, 2.45) is 0 Å². The Morgan fingerprint density at radius 2 is 2.15 bits per heavy atom. The Balaban J connectivity index is 1.71. The van der Waals surface area contributed by atoms with Crippen LogP contribution in [0.1, 0.15) is 41.0 Å². The molecule has 1 aromatic heterocycles. The van der Waals surface area contributed by atoms with Crippen molar-refractivity contribution in [1.29, 1.82) is 0 Å². The third-order valence-electron chi connectivity index (χ3n) is 4.99. The Bertz CT molecular complexity index is 728. The Kier molecular flexibility index (Phi) is 6.83. The smallest absolute Gasteiger partial charge is 0.278 e. The van der Waals surface area contributed by atoms with Gasteiger partial charge in [-0.2, -0.15) is 0 Å². The summed E-state index contributed by atoms with van der Waals surface area (Å²) < 4.78 is 5.36. The number of hydrogen-bond donors (Lipinski definition) is 1. The van der Waals surface area contributed by atoms with Gasteiger partial charge in [-0.25, -0.2) is 0 Å². The molecule has 2 aromatic rings. The van der Waals surface area contributed by atoms with E-state index in [2.05, 4.69) is 52.9 Å². The molecule has 0 spiro atoms. The maximum atomic E-state index is 13.0. The maximum absolute atomic E-state index is 13.0. The number of amides is 1. The summed E-state index contributed by atoms with van der Waals surface area (Å²) in [6.45, 7) is 7.92. The molecule has 0 aliphatic carbocycles. The third kappa shape index (κ3) is 4.34. The lowest BCUT2D eigenvalue weighted by Crippen LogP contribution is -2.87. The predicted octanol–water partition coefficient (Wildman–Crippen LogP) is 2.52. The van der Waals surface area contributed by atoms with Crippen molar-refractivity contribution in [2.75, 3.05) is 32.8 Å². The molecular formula is C21H29N2O2S+. The van der Waals surface area contributed by atoms with E-state index in [0.717, 1.165) is 39.1 Å². The number of nitrogens with two attached hydrogens (primary N) is 1. The van der Waals surface area contributed by atoms with Gasteiger partial charge in [0.2, 0.25) is 0 Å². The Morgan fingerprint density at radius 1 is 1.31 bits per heavy atom. The molecule has 1 aromatic carbocycles. The van der Waals surface area contributed by atoms with Crippen LogP contribution in [0.5, 0.6) is 0 Å². The number of benzene rings is 1. The number of nitrogens with zero attached hydrogens (tertiary/aromatic N) is 1. The maximum Gasteiger partial charge on any atom is 0.278 e. The van der Waals surface area contributed by atoms with Gasteiger partial charge in [-0.15, -0.1) is 11.3 Å². The van der Waals surface area contributed by atoms with Crippen LogP contribution >= 0.6 is 11.3 Å². The second-order valence-corrected chi connectivity index (χ2v) is 7.73. The first-order valence-electron chi connectivity index (χ1n) is 9.53. The predicted molar refractivity (Wildman–Crippen MR) is 106 cm³/mol. The zero-order valence-electron chi connectivity index (χ0n) is 15.7. The van der Waals surface area contributed by atoms with Crippen LogP contribution in [0, 0.1) is 6.92 Å². The number of ether oxygens (including phenoxy) is 1. The van der Waals surface area contributed by atoms with E-state index in [0.29, 0.717) is 6.54 Å². The summed E-state index contributed by atoms with van der Waals surface area (Å²) in [6, 6.07) is 10.7. The minimum atomic E-state index is 0.0514. The Labute approximate surface area is 160 Å². The van der Waals surface area contributed by atoms with Gasteiger partial charge in [0.15, 0.2) is 6.54 Å². The molecule has 26 heavy (non-hydrogen) atoms. The Morgan fingerprint density at radius 3 is 2.96 bits per heavy atom. The molecule has 0 radical (unpaired) electrons. The van der Waals surface area contributed by atoms with Crippen molar-refractivity contribution >= 4 is 17.2 Å². The number of fused-ring (bicyclic) bond motifs is 1. The SMILES string of the molecule is CCOCCC[NH2+]CC(=O)N1CCc2sccc2[C@@H]1c1ccccc1C. The highest BCUT2D eigenvalue weighted by atomic mass is 32.1. The number of aryl methyl sites for hydroxylation is 1. The van der Waals surface area contributed by atoms with Gasteiger partial charge in [0.05, 0.1) is 19.2 Å². The van der Waals surface area contributed by atoms with Crippen LogP contribution in [-0.2, 0) is 16.0 Å². The molecule has 1 aliphatic rings. The van der Waals surface area contributed by atoms with E-state index < -0.39 is 0 Å². The summed E-state index contributed by atoms with van der Waals surface area (Å²) in [5.41, 5.74) is 3.80. The molecule has 0 unspecified atom stereocenters. The summed E-state index contributed by atoms with van der Waals surface area (Å²) in [7, 11) is 0. The van der Waals surface area contributed by atoms with Gasteiger partial charge >= 0.3 is 0 Å². The lowest BCUT2D eigenvalue weighted by molar-refractivity contribution is -0.645. The quantitative estimate of drug-likeness (QED) is 0.723. The molecule has 1 amide bonds. The van der Waals surface area contributed by atoms with Crippen LogP contribution in [0.2, 0.25) is 0 Å². The summed E-state index contributed by atoms with van der Waals surface area (Å²) in [5.74, 6) is 0.228. The molecule has 5 heteroatoms. The third-order valence-corrected chi connectivity index (χ3v) is 5.99. The number of carbonyl (C=O) groups is 1. The van der Waals surface area contributed by atoms with Crippen molar-refractivity contribution < 1.29 is 14.8 Å². The number of quaternary nitrogens is 1. The molecular weight excluding hydrogens is 344 g/mol. The molecule has 0 fully saturated rings. The number of rotatable bonds is 8. The van der Waals surface area contributed by atoms with E-state index in [9.17, 15) is 4.79 Å². The fraction of sp³-hybridized carbons (Fsp3) is 0.476. The van der Waals surface area contributed by atoms with E-state index in [4.69, 9.17) is 4.74 Å². The van der Waals surface area contributed by atoms with Crippen LogP contribution in [0.3, 0.4) is 0 Å². The van der Waals surface area contributed by atoms with E-state index in [1.54, 1.807) is 0 Å². The molecule has 1 aliphatic heterocycles. The van der Waals surface area contributed by atoms with Crippen LogP contribution in [0.4, 0.5) is 0 Å². The fourth-order valence-electron chi connectivity index (χ4n) is 3.63. The highest BCUT2D eigenvalue weighted by Crippen LogP contribution is 2.38. The molecule has 0 bridgehead atoms. The van der Waals surface area contributed by atoms with E-state index in [1.807, 2.05) is 18.3 Å². The van der Waals surface area contributed by atoms with Gasteiger partial charge < -0.3 is 15.0 Å². The van der Waals surface area contributed by atoms with Gasteiger partial charge in [-0.05, 0) is 48.4 Å². The van der Waals surface area contributed by atoms with E-state index in [1.165, 1.54) is 21.6 Å². The zero-order chi connectivity index (χ0) is 18.4. The molecule has 4 nitrogen and oxygen atoms in total. The average Bonchev–Trinajstić information content (AvgIpc) is 3.13. The van der Waals surface area contributed by atoms with Gasteiger partial charge in [-0.3, -0.25) is 4.79 Å². The van der Waals surface area contributed by atoms with Crippen LogP contribution in [-0.4, -0.2) is 43.7 Å². The summed E-state index contributed by atoms with van der Waals surface area (Å²) >= 11 is 1.81.